The van der Waals surface area contributed by atoms with Crippen molar-refractivity contribution in [1.82, 2.24) is 4.98 Å². The largest absolute Gasteiger partial charge is 0.416 e. The monoisotopic (exact) mass is 294 g/mol. The van der Waals surface area contributed by atoms with Crippen molar-refractivity contribution in [3.05, 3.63) is 22.8 Å². The minimum atomic E-state index is -4.42. The Morgan fingerprint density at radius 1 is 1.47 bits per heavy atom. The van der Waals surface area contributed by atoms with E-state index in [1.807, 2.05) is 6.92 Å². The van der Waals surface area contributed by atoms with Gasteiger partial charge in [-0.3, -0.25) is 0 Å². The van der Waals surface area contributed by atoms with Gasteiger partial charge in [0, 0.05) is 19.1 Å². The number of ether oxygens (including phenoxy) is 1. The molecule has 0 aromatic carbocycles. The maximum atomic E-state index is 12.6. The first-order chi connectivity index (χ1) is 8.86. The molecule has 7 heteroatoms. The Morgan fingerprint density at radius 2 is 2.21 bits per heavy atom. The van der Waals surface area contributed by atoms with Crippen molar-refractivity contribution in [1.29, 1.82) is 0 Å². The Labute approximate surface area is 114 Å². The van der Waals surface area contributed by atoms with Gasteiger partial charge in [-0.1, -0.05) is 11.6 Å². The Bertz CT molecular complexity index is 453. The summed E-state index contributed by atoms with van der Waals surface area (Å²) in [5.41, 5.74) is -0.800. The smallest absolute Gasteiger partial charge is 0.378 e. The van der Waals surface area contributed by atoms with E-state index < -0.39 is 11.7 Å². The van der Waals surface area contributed by atoms with Crippen molar-refractivity contribution in [3.8, 4) is 0 Å². The lowest BCUT2D eigenvalue weighted by molar-refractivity contribution is -0.137. The molecule has 2 heterocycles. The Morgan fingerprint density at radius 3 is 2.79 bits per heavy atom. The molecule has 0 aliphatic carbocycles. The fourth-order valence-corrected chi connectivity index (χ4v) is 2.24. The van der Waals surface area contributed by atoms with Gasteiger partial charge in [-0.05, 0) is 25.5 Å². The molecular formula is C12H14ClF3N2O. The van der Waals surface area contributed by atoms with Crippen molar-refractivity contribution in [3.63, 3.8) is 0 Å². The second-order valence-electron chi connectivity index (χ2n) is 4.57. The third-order valence-corrected chi connectivity index (χ3v) is 3.39. The number of nitrogens with zero attached hydrogens (tertiary/aromatic N) is 1. The summed E-state index contributed by atoms with van der Waals surface area (Å²) in [6.45, 7) is 3.15. The molecule has 1 aromatic rings. The van der Waals surface area contributed by atoms with Crippen LogP contribution in [-0.2, 0) is 10.9 Å². The van der Waals surface area contributed by atoms with Gasteiger partial charge in [0.25, 0.3) is 0 Å². The van der Waals surface area contributed by atoms with E-state index in [0.717, 1.165) is 18.6 Å². The van der Waals surface area contributed by atoms with Crippen LogP contribution >= 0.6 is 11.6 Å². The first kappa shape index (κ1) is 14.4. The summed E-state index contributed by atoms with van der Waals surface area (Å²) in [4.78, 5) is 3.85. The second-order valence-corrected chi connectivity index (χ2v) is 4.95. The second kappa shape index (κ2) is 5.54. The zero-order valence-electron chi connectivity index (χ0n) is 10.3. The van der Waals surface area contributed by atoms with Crippen LogP contribution in [0.3, 0.4) is 0 Å². The van der Waals surface area contributed by atoms with E-state index >= 15 is 0 Å². The van der Waals surface area contributed by atoms with Crippen molar-refractivity contribution in [2.24, 2.45) is 5.92 Å². The molecule has 0 saturated carbocycles. The average molecular weight is 295 g/mol. The number of anilines is 1. The fraction of sp³-hybridized carbons (Fsp3) is 0.583. The van der Waals surface area contributed by atoms with Gasteiger partial charge in [0.2, 0.25) is 0 Å². The summed E-state index contributed by atoms with van der Waals surface area (Å²) in [6.07, 6.45) is -3.43. The summed E-state index contributed by atoms with van der Waals surface area (Å²) < 4.78 is 43.2. The van der Waals surface area contributed by atoms with E-state index in [1.54, 1.807) is 0 Å². The number of aromatic nitrogens is 1. The lowest BCUT2D eigenvalue weighted by Gasteiger charge is -2.16. The normalized spacial score (nSPS) is 23.6. The van der Waals surface area contributed by atoms with E-state index in [0.29, 0.717) is 13.2 Å². The highest BCUT2D eigenvalue weighted by molar-refractivity contribution is 6.29. The SMILES string of the molecule is CC1OCCC1CNc1cc(C(F)(F)F)cc(Cl)n1. The molecule has 1 fully saturated rings. The molecule has 1 saturated heterocycles. The Balaban J connectivity index is 2.06. The number of hydrogen-bond acceptors (Lipinski definition) is 3. The van der Waals surface area contributed by atoms with Gasteiger partial charge in [0.05, 0.1) is 11.7 Å². The maximum absolute atomic E-state index is 12.6. The topological polar surface area (TPSA) is 34.1 Å². The van der Waals surface area contributed by atoms with Crippen LogP contribution < -0.4 is 5.32 Å². The zero-order valence-corrected chi connectivity index (χ0v) is 11.1. The van der Waals surface area contributed by atoms with Crippen LogP contribution in [0, 0.1) is 5.92 Å². The molecule has 3 nitrogen and oxygen atoms in total. The third kappa shape index (κ3) is 3.73. The molecule has 1 N–H and O–H groups in total. The predicted octanol–water partition coefficient (Wildman–Crippen LogP) is 3.59. The molecule has 19 heavy (non-hydrogen) atoms. The molecule has 1 aliphatic heterocycles. The number of nitrogens with one attached hydrogen (secondary N) is 1. The van der Waals surface area contributed by atoms with Gasteiger partial charge < -0.3 is 10.1 Å². The molecule has 0 bridgehead atoms. The first-order valence-electron chi connectivity index (χ1n) is 5.96. The minimum Gasteiger partial charge on any atom is -0.378 e. The minimum absolute atomic E-state index is 0.105. The molecule has 0 amide bonds. The molecule has 106 valence electrons. The summed E-state index contributed by atoms with van der Waals surface area (Å²) in [7, 11) is 0. The van der Waals surface area contributed by atoms with Gasteiger partial charge in [-0.15, -0.1) is 0 Å². The van der Waals surface area contributed by atoms with Crippen LogP contribution in [0.5, 0.6) is 0 Å². The van der Waals surface area contributed by atoms with E-state index in [-0.39, 0.29) is 23.0 Å². The van der Waals surface area contributed by atoms with E-state index in [9.17, 15) is 13.2 Å². The highest BCUT2D eigenvalue weighted by Crippen LogP contribution is 2.32. The first-order valence-corrected chi connectivity index (χ1v) is 6.34. The highest BCUT2D eigenvalue weighted by Gasteiger charge is 2.31. The summed E-state index contributed by atoms with van der Waals surface area (Å²) in [6, 6.07) is 1.78. The van der Waals surface area contributed by atoms with Crippen molar-refractivity contribution in [2.45, 2.75) is 25.6 Å². The quantitative estimate of drug-likeness (QED) is 0.865. The van der Waals surface area contributed by atoms with E-state index in [2.05, 4.69) is 10.3 Å². The molecule has 0 spiro atoms. The van der Waals surface area contributed by atoms with Crippen LogP contribution in [0.15, 0.2) is 12.1 Å². The predicted molar refractivity (Wildman–Crippen MR) is 66.3 cm³/mol. The number of rotatable bonds is 3. The highest BCUT2D eigenvalue weighted by atomic mass is 35.5. The van der Waals surface area contributed by atoms with Crippen molar-refractivity contribution >= 4 is 17.4 Å². The number of alkyl halides is 3. The summed E-state index contributed by atoms with van der Waals surface area (Å²) >= 11 is 5.60. The van der Waals surface area contributed by atoms with Crippen molar-refractivity contribution in [2.75, 3.05) is 18.5 Å². The average Bonchev–Trinajstić information content (AvgIpc) is 2.70. The van der Waals surface area contributed by atoms with Gasteiger partial charge in [0.1, 0.15) is 11.0 Å². The molecule has 2 unspecified atom stereocenters. The van der Waals surface area contributed by atoms with Gasteiger partial charge in [0.15, 0.2) is 0 Å². The Kier molecular flexibility index (Phi) is 4.20. The van der Waals surface area contributed by atoms with Gasteiger partial charge in [-0.2, -0.15) is 13.2 Å². The lowest BCUT2D eigenvalue weighted by Crippen LogP contribution is -2.21. The molecular weight excluding hydrogens is 281 g/mol. The summed E-state index contributed by atoms with van der Waals surface area (Å²) in [5, 5.41) is 2.72. The van der Waals surface area contributed by atoms with Crippen LogP contribution in [0.1, 0.15) is 18.9 Å². The van der Waals surface area contributed by atoms with Crippen LogP contribution in [0.4, 0.5) is 19.0 Å². The van der Waals surface area contributed by atoms with Gasteiger partial charge >= 0.3 is 6.18 Å². The molecule has 1 aromatic heterocycles. The number of halogens is 4. The Hall–Kier alpha value is -1.01. The van der Waals surface area contributed by atoms with Crippen LogP contribution in [-0.4, -0.2) is 24.2 Å². The summed E-state index contributed by atoms with van der Waals surface area (Å²) in [5.74, 6) is 0.411. The van der Waals surface area contributed by atoms with Crippen molar-refractivity contribution < 1.29 is 17.9 Å². The lowest BCUT2D eigenvalue weighted by atomic mass is 10.0. The fourth-order valence-electron chi connectivity index (χ4n) is 2.03. The third-order valence-electron chi connectivity index (χ3n) is 3.20. The molecule has 2 atom stereocenters. The van der Waals surface area contributed by atoms with Gasteiger partial charge in [-0.25, -0.2) is 4.98 Å². The molecule has 0 radical (unpaired) electrons. The molecule has 2 rings (SSSR count). The van der Waals surface area contributed by atoms with Crippen LogP contribution in [0.2, 0.25) is 5.15 Å². The number of pyridine rings is 1. The van der Waals surface area contributed by atoms with Crippen LogP contribution in [0.25, 0.3) is 0 Å². The maximum Gasteiger partial charge on any atom is 0.416 e. The van der Waals surface area contributed by atoms with E-state index in [1.165, 1.54) is 0 Å². The standard InChI is InChI=1S/C12H14ClF3N2O/c1-7-8(2-3-19-7)6-17-11-5-9(12(14,15)16)4-10(13)18-11/h4-5,7-8H,2-3,6H2,1H3,(H,17,18). The zero-order chi connectivity index (χ0) is 14.0. The number of hydrogen-bond donors (Lipinski definition) is 1. The molecule has 1 aliphatic rings. The van der Waals surface area contributed by atoms with E-state index in [4.69, 9.17) is 16.3 Å².